The first-order chi connectivity index (χ1) is 11.8. The number of carbonyl (C=O) groups excluding carboxylic acids is 1. The van der Waals surface area contributed by atoms with Crippen LogP contribution in [0.3, 0.4) is 0 Å². The Bertz CT molecular complexity index is 775. The van der Waals surface area contributed by atoms with E-state index in [1.54, 1.807) is 6.20 Å². The Hall–Kier alpha value is -2.86. The number of thiazole rings is 1. The molecule has 0 aliphatic carbocycles. The molecule has 3 aromatic rings. The SMILES string of the molecule is O=C(NCCOc1ccccc1)c1cnc(Nc2ccccc2)s1. The molecule has 0 unspecified atom stereocenters. The van der Waals surface area contributed by atoms with Crippen molar-refractivity contribution in [1.29, 1.82) is 0 Å². The van der Waals surface area contributed by atoms with Crippen molar-refractivity contribution in [3.05, 3.63) is 71.7 Å². The van der Waals surface area contributed by atoms with Crippen LogP contribution < -0.4 is 15.4 Å². The average molecular weight is 339 g/mol. The van der Waals surface area contributed by atoms with Gasteiger partial charge in [-0.3, -0.25) is 4.79 Å². The molecule has 2 N–H and O–H groups in total. The van der Waals surface area contributed by atoms with Crippen LogP contribution in [0.4, 0.5) is 10.8 Å². The van der Waals surface area contributed by atoms with Crippen LogP contribution in [0.5, 0.6) is 5.75 Å². The molecule has 6 heteroatoms. The molecule has 0 bridgehead atoms. The zero-order valence-corrected chi connectivity index (χ0v) is 13.8. The van der Waals surface area contributed by atoms with E-state index in [1.165, 1.54) is 11.3 Å². The number of carbonyl (C=O) groups is 1. The maximum atomic E-state index is 12.1. The lowest BCUT2D eigenvalue weighted by molar-refractivity contribution is 0.0951. The van der Waals surface area contributed by atoms with Gasteiger partial charge < -0.3 is 15.4 Å². The molecule has 0 fully saturated rings. The van der Waals surface area contributed by atoms with Crippen molar-refractivity contribution < 1.29 is 9.53 Å². The molecule has 0 aliphatic rings. The Morgan fingerprint density at radius 3 is 2.50 bits per heavy atom. The first kappa shape index (κ1) is 16.0. The van der Waals surface area contributed by atoms with Gasteiger partial charge in [-0.15, -0.1) is 0 Å². The molecule has 122 valence electrons. The summed E-state index contributed by atoms with van der Waals surface area (Å²) in [6, 6.07) is 19.2. The molecule has 0 radical (unpaired) electrons. The normalized spacial score (nSPS) is 10.2. The minimum absolute atomic E-state index is 0.148. The number of amides is 1. The lowest BCUT2D eigenvalue weighted by Crippen LogP contribution is -2.27. The van der Waals surface area contributed by atoms with Crippen molar-refractivity contribution in [2.75, 3.05) is 18.5 Å². The third-order valence-corrected chi connectivity index (χ3v) is 4.07. The summed E-state index contributed by atoms with van der Waals surface area (Å²) in [7, 11) is 0. The molecule has 0 spiro atoms. The Morgan fingerprint density at radius 1 is 1.04 bits per heavy atom. The van der Waals surface area contributed by atoms with Crippen LogP contribution in [0.25, 0.3) is 0 Å². The number of anilines is 2. The first-order valence-corrected chi connectivity index (χ1v) is 8.37. The molecule has 1 heterocycles. The van der Waals surface area contributed by atoms with E-state index in [2.05, 4.69) is 15.6 Å². The highest BCUT2D eigenvalue weighted by molar-refractivity contribution is 7.17. The molecule has 3 rings (SSSR count). The van der Waals surface area contributed by atoms with Crippen molar-refractivity contribution >= 4 is 28.1 Å². The second-order valence-corrected chi connectivity index (χ2v) is 5.97. The lowest BCUT2D eigenvalue weighted by atomic mass is 10.3. The fourth-order valence-electron chi connectivity index (χ4n) is 2.02. The van der Waals surface area contributed by atoms with Gasteiger partial charge in [-0.05, 0) is 24.3 Å². The monoisotopic (exact) mass is 339 g/mol. The van der Waals surface area contributed by atoms with Gasteiger partial charge in [-0.2, -0.15) is 0 Å². The van der Waals surface area contributed by atoms with Gasteiger partial charge in [-0.25, -0.2) is 4.98 Å². The Labute approximate surface area is 144 Å². The second-order valence-electron chi connectivity index (χ2n) is 4.94. The fraction of sp³-hybridized carbons (Fsp3) is 0.111. The van der Waals surface area contributed by atoms with Crippen LogP contribution in [0.1, 0.15) is 9.67 Å². The molecule has 0 saturated heterocycles. The predicted octanol–water partition coefficient (Wildman–Crippen LogP) is 3.70. The van der Waals surface area contributed by atoms with Gasteiger partial charge in [0.25, 0.3) is 5.91 Å². The van der Waals surface area contributed by atoms with Gasteiger partial charge in [-0.1, -0.05) is 47.7 Å². The predicted molar refractivity (Wildman–Crippen MR) is 96.1 cm³/mol. The van der Waals surface area contributed by atoms with E-state index >= 15 is 0 Å². The van der Waals surface area contributed by atoms with E-state index in [1.807, 2.05) is 60.7 Å². The highest BCUT2D eigenvalue weighted by Crippen LogP contribution is 2.22. The number of ether oxygens (including phenoxy) is 1. The number of hydrogen-bond acceptors (Lipinski definition) is 5. The highest BCUT2D eigenvalue weighted by Gasteiger charge is 2.10. The van der Waals surface area contributed by atoms with Crippen molar-refractivity contribution in [1.82, 2.24) is 10.3 Å². The Balaban J connectivity index is 1.45. The minimum atomic E-state index is -0.148. The third-order valence-electron chi connectivity index (χ3n) is 3.15. The summed E-state index contributed by atoms with van der Waals surface area (Å²) in [4.78, 5) is 16.9. The number of benzene rings is 2. The van der Waals surface area contributed by atoms with Crippen molar-refractivity contribution in [2.45, 2.75) is 0 Å². The number of nitrogens with one attached hydrogen (secondary N) is 2. The summed E-state index contributed by atoms with van der Waals surface area (Å²) >= 11 is 1.32. The molecule has 0 aliphatic heterocycles. The zero-order chi connectivity index (χ0) is 16.6. The minimum Gasteiger partial charge on any atom is -0.492 e. The summed E-state index contributed by atoms with van der Waals surface area (Å²) in [5, 5.41) is 6.68. The van der Waals surface area contributed by atoms with Crippen LogP contribution in [0.2, 0.25) is 0 Å². The number of nitrogens with zero attached hydrogens (tertiary/aromatic N) is 1. The third kappa shape index (κ3) is 4.57. The van der Waals surface area contributed by atoms with Gasteiger partial charge in [0.2, 0.25) is 0 Å². The van der Waals surface area contributed by atoms with Crippen molar-refractivity contribution in [2.24, 2.45) is 0 Å². The Kier molecular flexibility index (Phi) is 5.42. The van der Waals surface area contributed by atoms with Gasteiger partial charge in [0, 0.05) is 5.69 Å². The maximum absolute atomic E-state index is 12.1. The summed E-state index contributed by atoms with van der Waals surface area (Å²) in [5.74, 6) is 0.643. The van der Waals surface area contributed by atoms with E-state index < -0.39 is 0 Å². The first-order valence-electron chi connectivity index (χ1n) is 7.55. The molecule has 1 aromatic heterocycles. The van der Waals surface area contributed by atoms with E-state index in [-0.39, 0.29) is 5.91 Å². The lowest BCUT2D eigenvalue weighted by Gasteiger charge is -2.06. The molecular weight excluding hydrogens is 322 g/mol. The quantitative estimate of drug-likeness (QED) is 0.644. The number of para-hydroxylation sites is 2. The molecular formula is C18H17N3O2S. The number of rotatable bonds is 7. The van der Waals surface area contributed by atoms with Crippen molar-refractivity contribution in [3.63, 3.8) is 0 Å². The standard InChI is InChI=1S/C18H17N3O2S/c22-17(19-11-12-23-15-9-5-2-6-10-15)16-13-20-18(24-16)21-14-7-3-1-4-8-14/h1-10,13H,11-12H2,(H,19,22)(H,20,21). The van der Waals surface area contributed by atoms with Gasteiger partial charge >= 0.3 is 0 Å². The summed E-state index contributed by atoms with van der Waals surface area (Å²) in [6.07, 6.45) is 1.57. The smallest absolute Gasteiger partial charge is 0.263 e. The largest absolute Gasteiger partial charge is 0.492 e. The van der Waals surface area contributed by atoms with Gasteiger partial charge in [0.1, 0.15) is 17.2 Å². The summed E-state index contributed by atoms with van der Waals surface area (Å²) in [5.41, 5.74) is 0.940. The second kappa shape index (κ2) is 8.12. The topological polar surface area (TPSA) is 63.2 Å². The molecule has 1 amide bonds. The van der Waals surface area contributed by atoms with Crippen LogP contribution in [0.15, 0.2) is 66.9 Å². The van der Waals surface area contributed by atoms with Gasteiger partial charge in [0.05, 0.1) is 12.7 Å². The molecule has 0 atom stereocenters. The molecule has 5 nitrogen and oxygen atoms in total. The zero-order valence-electron chi connectivity index (χ0n) is 12.9. The summed E-state index contributed by atoms with van der Waals surface area (Å²) < 4.78 is 5.54. The maximum Gasteiger partial charge on any atom is 0.263 e. The number of hydrogen-bond donors (Lipinski definition) is 2. The van der Waals surface area contributed by atoms with E-state index in [0.29, 0.717) is 23.2 Å². The van der Waals surface area contributed by atoms with Crippen LogP contribution >= 0.6 is 11.3 Å². The van der Waals surface area contributed by atoms with Crippen molar-refractivity contribution in [3.8, 4) is 5.75 Å². The van der Waals surface area contributed by atoms with E-state index in [9.17, 15) is 4.79 Å². The Morgan fingerprint density at radius 2 is 1.75 bits per heavy atom. The van der Waals surface area contributed by atoms with E-state index in [0.717, 1.165) is 11.4 Å². The van der Waals surface area contributed by atoms with Crippen LogP contribution in [-0.4, -0.2) is 24.0 Å². The molecule has 24 heavy (non-hydrogen) atoms. The van der Waals surface area contributed by atoms with Crippen LogP contribution in [-0.2, 0) is 0 Å². The average Bonchev–Trinajstić information content (AvgIpc) is 3.09. The van der Waals surface area contributed by atoms with Gasteiger partial charge in [0.15, 0.2) is 5.13 Å². The van der Waals surface area contributed by atoms with Crippen LogP contribution in [0, 0.1) is 0 Å². The number of aromatic nitrogens is 1. The highest BCUT2D eigenvalue weighted by atomic mass is 32.1. The fourth-order valence-corrected chi connectivity index (χ4v) is 2.77. The molecule has 0 saturated carbocycles. The van der Waals surface area contributed by atoms with E-state index in [4.69, 9.17) is 4.74 Å². The molecule has 2 aromatic carbocycles. The summed E-state index contributed by atoms with van der Waals surface area (Å²) in [6.45, 7) is 0.858.